The molecule has 1 saturated heterocycles. The smallest absolute Gasteiger partial charge is 0.417 e. The van der Waals surface area contributed by atoms with Crippen LogP contribution in [0.5, 0.6) is 5.75 Å². The van der Waals surface area contributed by atoms with Crippen molar-refractivity contribution in [3.8, 4) is 5.75 Å². The van der Waals surface area contributed by atoms with E-state index in [2.05, 4.69) is 0 Å². The van der Waals surface area contributed by atoms with E-state index in [0.717, 1.165) is 28.1 Å². The van der Waals surface area contributed by atoms with Gasteiger partial charge in [0.05, 0.1) is 24.0 Å². The molecule has 0 N–H and O–H groups in total. The first kappa shape index (κ1) is 22.1. The van der Waals surface area contributed by atoms with E-state index in [-0.39, 0.29) is 38.5 Å². The van der Waals surface area contributed by atoms with E-state index in [1.807, 2.05) is 0 Å². The molecule has 0 bridgehead atoms. The fourth-order valence-electron chi connectivity index (χ4n) is 3.27. The van der Waals surface area contributed by atoms with Gasteiger partial charge in [-0.15, -0.1) is 0 Å². The summed E-state index contributed by atoms with van der Waals surface area (Å²) in [5.74, 6) is 0.497. The highest BCUT2D eigenvalue weighted by molar-refractivity contribution is 7.89. The number of benzene rings is 2. The van der Waals surface area contributed by atoms with Crippen molar-refractivity contribution in [2.75, 3.05) is 33.3 Å². The third-order valence-corrected chi connectivity index (χ3v) is 6.87. The van der Waals surface area contributed by atoms with Gasteiger partial charge in [0, 0.05) is 26.2 Å². The van der Waals surface area contributed by atoms with Crippen LogP contribution in [0.3, 0.4) is 0 Å². The number of nitrogens with zero attached hydrogens (tertiary/aromatic N) is 2. The summed E-state index contributed by atoms with van der Waals surface area (Å²) in [5, 5.41) is 0. The summed E-state index contributed by atoms with van der Waals surface area (Å²) in [6, 6.07) is 11.1. The van der Waals surface area contributed by atoms with Crippen LogP contribution in [0.1, 0.15) is 11.1 Å². The average molecular weight is 442 g/mol. The second-order valence-corrected chi connectivity index (χ2v) is 8.71. The third-order valence-electron chi connectivity index (χ3n) is 4.92. The van der Waals surface area contributed by atoms with E-state index in [9.17, 15) is 26.4 Å². The normalized spacial score (nSPS) is 15.8. The van der Waals surface area contributed by atoms with Gasteiger partial charge in [0.15, 0.2) is 0 Å². The van der Waals surface area contributed by atoms with Crippen molar-refractivity contribution in [1.29, 1.82) is 0 Å². The molecule has 0 aliphatic carbocycles. The van der Waals surface area contributed by atoms with Gasteiger partial charge in [-0.2, -0.15) is 17.5 Å². The molecule has 1 heterocycles. The number of hydrogen-bond acceptors (Lipinski definition) is 4. The van der Waals surface area contributed by atoms with E-state index >= 15 is 0 Å². The van der Waals surface area contributed by atoms with E-state index in [4.69, 9.17) is 4.74 Å². The number of piperazine rings is 1. The van der Waals surface area contributed by atoms with Gasteiger partial charge in [0.2, 0.25) is 15.9 Å². The van der Waals surface area contributed by atoms with Crippen molar-refractivity contribution >= 4 is 15.9 Å². The quantitative estimate of drug-likeness (QED) is 0.714. The summed E-state index contributed by atoms with van der Waals surface area (Å²) >= 11 is 0. The molecule has 0 saturated carbocycles. The summed E-state index contributed by atoms with van der Waals surface area (Å²) in [5.41, 5.74) is -0.405. The van der Waals surface area contributed by atoms with Gasteiger partial charge in [-0.25, -0.2) is 8.42 Å². The summed E-state index contributed by atoms with van der Waals surface area (Å²) in [6.45, 7) is 0.0938. The van der Waals surface area contributed by atoms with Gasteiger partial charge in [-0.1, -0.05) is 24.3 Å². The van der Waals surface area contributed by atoms with Crippen LogP contribution in [-0.2, 0) is 27.4 Å². The molecule has 1 aliphatic rings. The Morgan fingerprint density at radius 2 is 1.60 bits per heavy atom. The maximum absolute atomic E-state index is 13.2. The first-order valence-electron chi connectivity index (χ1n) is 9.20. The Labute approximate surface area is 172 Å². The van der Waals surface area contributed by atoms with Crippen LogP contribution in [0.4, 0.5) is 13.2 Å². The molecule has 2 aromatic carbocycles. The number of carbonyl (C=O) groups is 1. The molecular formula is C20H21F3N2O4S. The zero-order valence-electron chi connectivity index (χ0n) is 16.2. The highest BCUT2D eigenvalue weighted by Gasteiger charge is 2.39. The van der Waals surface area contributed by atoms with Gasteiger partial charge in [-0.3, -0.25) is 4.79 Å². The molecule has 162 valence electrons. The van der Waals surface area contributed by atoms with Gasteiger partial charge < -0.3 is 9.64 Å². The Balaban J connectivity index is 1.67. The highest BCUT2D eigenvalue weighted by atomic mass is 32.2. The van der Waals surface area contributed by atoms with Crippen LogP contribution in [0.2, 0.25) is 0 Å². The van der Waals surface area contributed by atoms with Crippen LogP contribution in [0.25, 0.3) is 0 Å². The minimum atomic E-state index is -4.78. The second-order valence-electron chi connectivity index (χ2n) is 6.80. The molecule has 0 atom stereocenters. The van der Waals surface area contributed by atoms with Crippen molar-refractivity contribution in [3.63, 3.8) is 0 Å². The molecule has 3 rings (SSSR count). The maximum Gasteiger partial charge on any atom is 0.417 e. The molecule has 0 aromatic heterocycles. The average Bonchev–Trinajstić information content (AvgIpc) is 2.74. The van der Waals surface area contributed by atoms with Crippen LogP contribution < -0.4 is 4.74 Å². The predicted octanol–water partition coefficient (Wildman–Crippen LogP) is 2.79. The fourth-order valence-corrected chi connectivity index (χ4v) is 4.91. The minimum absolute atomic E-state index is 0.0666. The molecule has 1 fully saturated rings. The van der Waals surface area contributed by atoms with E-state index in [0.29, 0.717) is 5.75 Å². The number of sulfonamides is 1. The Kier molecular flexibility index (Phi) is 6.37. The van der Waals surface area contributed by atoms with Gasteiger partial charge >= 0.3 is 6.18 Å². The maximum atomic E-state index is 13.2. The standard InChI is InChI=1S/C20H21F3N2O4S/c1-29-16-8-6-15(7-9-16)14-19(26)24-10-12-25(13-11-24)30(27,28)18-5-3-2-4-17(18)20(21,22)23/h2-9H,10-14H2,1H3. The van der Waals surface area contributed by atoms with Gasteiger partial charge in [0.1, 0.15) is 5.75 Å². The third kappa shape index (κ3) is 4.76. The van der Waals surface area contributed by atoms with E-state index < -0.39 is 26.7 Å². The lowest BCUT2D eigenvalue weighted by Crippen LogP contribution is -2.51. The number of amides is 1. The zero-order chi connectivity index (χ0) is 21.9. The Morgan fingerprint density at radius 1 is 1.00 bits per heavy atom. The second kappa shape index (κ2) is 8.65. The molecular weight excluding hydrogens is 421 g/mol. The summed E-state index contributed by atoms with van der Waals surface area (Å²) in [4.78, 5) is 13.3. The number of hydrogen-bond donors (Lipinski definition) is 0. The lowest BCUT2D eigenvalue weighted by molar-refractivity contribution is -0.139. The number of rotatable bonds is 5. The topological polar surface area (TPSA) is 66.9 Å². The van der Waals surface area contributed by atoms with Crippen LogP contribution in [0.15, 0.2) is 53.4 Å². The molecule has 0 radical (unpaired) electrons. The van der Waals surface area contributed by atoms with E-state index in [1.165, 1.54) is 11.0 Å². The van der Waals surface area contributed by atoms with Crippen LogP contribution in [0, 0.1) is 0 Å². The number of methoxy groups -OCH3 is 1. The van der Waals surface area contributed by atoms with Crippen molar-refractivity contribution < 1.29 is 31.1 Å². The number of carbonyl (C=O) groups excluding carboxylic acids is 1. The lowest BCUT2D eigenvalue weighted by atomic mass is 10.1. The van der Waals surface area contributed by atoms with Crippen LogP contribution >= 0.6 is 0 Å². The van der Waals surface area contributed by atoms with Gasteiger partial charge in [0.25, 0.3) is 0 Å². The molecule has 2 aromatic rings. The summed E-state index contributed by atoms with van der Waals surface area (Å²) in [7, 11) is -2.79. The first-order valence-corrected chi connectivity index (χ1v) is 10.6. The Morgan fingerprint density at radius 3 is 2.17 bits per heavy atom. The van der Waals surface area contributed by atoms with Crippen molar-refractivity contribution in [3.05, 3.63) is 59.7 Å². The molecule has 1 aliphatic heterocycles. The Hall–Kier alpha value is -2.59. The molecule has 1 amide bonds. The van der Waals surface area contributed by atoms with Gasteiger partial charge in [-0.05, 0) is 29.8 Å². The van der Waals surface area contributed by atoms with Crippen molar-refractivity contribution in [1.82, 2.24) is 9.21 Å². The highest BCUT2D eigenvalue weighted by Crippen LogP contribution is 2.35. The largest absolute Gasteiger partial charge is 0.497 e. The van der Waals surface area contributed by atoms with Crippen LogP contribution in [-0.4, -0.2) is 56.8 Å². The molecule has 30 heavy (non-hydrogen) atoms. The Bertz CT molecular complexity index is 999. The predicted molar refractivity (Wildman–Crippen MR) is 103 cm³/mol. The number of halogens is 3. The molecule has 0 spiro atoms. The SMILES string of the molecule is COc1ccc(CC(=O)N2CCN(S(=O)(=O)c3ccccc3C(F)(F)F)CC2)cc1. The molecule has 0 unspecified atom stereocenters. The molecule has 10 heteroatoms. The monoisotopic (exact) mass is 442 g/mol. The molecule has 6 nitrogen and oxygen atoms in total. The number of alkyl halides is 3. The summed E-state index contributed by atoms with van der Waals surface area (Å²) in [6.07, 6.45) is -4.63. The number of ether oxygens (including phenoxy) is 1. The van der Waals surface area contributed by atoms with Crippen molar-refractivity contribution in [2.45, 2.75) is 17.5 Å². The lowest BCUT2D eigenvalue weighted by Gasteiger charge is -2.34. The minimum Gasteiger partial charge on any atom is -0.497 e. The summed E-state index contributed by atoms with van der Waals surface area (Å²) < 4.78 is 71.3. The fraction of sp³-hybridized carbons (Fsp3) is 0.350. The van der Waals surface area contributed by atoms with E-state index in [1.54, 1.807) is 31.4 Å². The first-order chi connectivity index (χ1) is 14.1. The van der Waals surface area contributed by atoms with Crippen molar-refractivity contribution in [2.24, 2.45) is 0 Å². The zero-order valence-corrected chi connectivity index (χ0v) is 17.0.